The van der Waals surface area contributed by atoms with Crippen LogP contribution in [0.15, 0.2) is 53.4 Å². The van der Waals surface area contributed by atoms with Gasteiger partial charge in [0.15, 0.2) is 0 Å². The Bertz CT molecular complexity index is 634. The van der Waals surface area contributed by atoms with Crippen LogP contribution in [0.2, 0.25) is 5.02 Å². The summed E-state index contributed by atoms with van der Waals surface area (Å²) in [6, 6.07) is 14.7. The van der Waals surface area contributed by atoms with Gasteiger partial charge in [0.2, 0.25) is 5.91 Å². The quantitative estimate of drug-likeness (QED) is 0.582. The van der Waals surface area contributed by atoms with E-state index in [-0.39, 0.29) is 5.91 Å². The molecular formula is C17H18ClNO3S. The van der Waals surface area contributed by atoms with Crippen LogP contribution in [0.25, 0.3) is 0 Å². The van der Waals surface area contributed by atoms with Gasteiger partial charge in [-0.25, -0.2) is 0 Å². The molecule has 0 aliphatic carbocycles. The molecule has 2 aromatic carbocycles. The fraction of sp³-hybridized carbons (Fsp3) is 0.235. The highest BCUT2D eigenvalue weighted by atomic mass is 35.5. The molecular weight excluding hydrogens is 334 g/mol. The van der Waals surface area contributed by atoms with Crippen molar-refractivity contribution in [1.29, 1.82) is 0 Å². The lowest BCUT2D eigenvalue weighted by Gasteiger charge is -2.08. The van der Waals surface area contributed by atoms with Crippen molar-refractivity contribution >= 4 is 29.3 Å². The van der Waals surface area contributed by atoms with Crippen molar-refractivity contribution < 1.29 is 14.3 Å². The highest BCUT2D eigenvalue weighted by molar-refractivity contribution is 8.00. The average molecular weight is 352 g/mol. The lowest BCUT2D eigenvalue weighted by atomic mass is 10.3. The zero-order chi connectivity index (χ0) is 16.5. The first-order chi connectivity index (χ1) is 11.2. The molecule has 0 atom stereocenters. The van der Waals surface area contributed by atoms with Crippen molar-refractivity contribution in [3.05, 3.63) is 53.6 Å². The van der Waals surface area contributed by atoms with E-state index in [1.165, 1.54) is 11.8 Å². The Morgan fingerprint density at radius 2 is 1.96 bits per heavy atom. The second kappa shape index (κ2) is 9.33. The van der Waals surface area contributed by atoms with Crippen LogP contribution < -0.4 is 14.8 Å². The number of methoxy groups -OCH3 is 1. The minimum absolute atomic E-state index is 0.0301. The molecule has 2 rings (SSSR count). The van der Waals surface area contributed by atoms with Gasteiger partial charge in [0.1, 0.15) is 18.1 Å². The van der Waals surface area contributed by atoms with E-state index in [0.29, 0.717) is 23.9 Å². The SMILES string of the molecule is COc1cccc(SCC(=O)NCCOc2ccc(Cl)cc2)c1. The minimum Gasteiger partial charge on any atom is -0.497 e. The number of thioether (sulfide) groups is 1. The number of ether oxygens (including phenoxy) is 2. The maximum absolute atomic E-state index is 11.8. The average Bonchev–Trinajstić information content (AvgIpc) is 2.58. The molecule has 6 heteroatoms. The highest BCUT2D eigenvalue weighted by Gasteiger charge is 2.03. The topological polar surface area (TPSA) is 47.6 Å². The number of carbonyl (C=O) groups is 1. The van der Waals surface area contributed by atoms with Gasteiger partial charge >= 0.3 is 0 Å². The van der Waals surface area contributed by atoms with Crippen LogP contribution in [0.5, 0.6) is 11.5 Å². The number of halogens is 1. The third kappa shape index (κ3) is 6.42. The van der Waals surface area contributed by atoms with Crippen molar-refractivity contribution in [2.24, 2.45) is 0 Å². The van der Waals surface area contributed by atoms with Gasteiger partial charge < -0.3 is 14.8 Å². The Morgan fingerprint density at radius 3 is 2.70 bits per heavy atom. The molecule has 0 saturated carbocycles. The molecule has 1 amide bonds. The first kappa shape index (κ1) is 17.5. The third-order valence-electron chi connectivity index (χ3n) is 2.92. The van der Waals surface area contributed by atoms with E-state index >= 15 is 0 Å². The zero-order valence-electron chi connectivity index (χ0n) is 12.8. The smallest absolute Gasteiger partial charge is 0.230 e. The molecule has 0 radical (unpaired) electrons. The lowest BCUT2D eigenvalue weighted by Crippen LogP contribution is -2.29. The molecule has 1 N–H and O–H groups in total. The van der Waals surface area contributed by atoms with Crippen molar-refractivity contribution in [3.63, 3.8) is 0 Å². The summed E-state index contributed by atoms with van der Waals surface area (Å²) in [6.07, 6.45) is 0. The molecule has 0 spiro atoms. The van der Waals surface area contributed by atoms with Crippen LogP contribution in [0.3, 0.4) is 0 Å². The fourth-order valence-corrected chi connectivity index (χ4v) is 2.68. The Kier molecular flexibility index (Phi) is 7.10. The largest absolute Gasteiger partial charge is 0.497 e. The molecule has 2 aromatic rings. The first-order valence-corrected chi connectivity index (χ1v) is 8.45. The van der Waals surface area contributed by atoms with Gasteiger partial charge in [0.25, 0.3) is 0 Å². The van der Waals surface area contributed by atoms with E-state index in [9.17, 15) is 4.79 Å². The van der Waals surface area contributed by atoms with Crippen LogP contribution in [0, 0.1) is 0 Å². The summed E-state index contributed by atoms with van der Waals surface area (Å²) < 4.78 is 10.7. The van der Waals surface area contributed by atoms with Crippen molar-refractivity contribution in [2.75, 3.05) is 26.0 Å². The standard InChI is InChI=1S/C17H18ClNO3S/c1-21-15-3-2-4-16(11-15)23-12-17(20)19-9-10-22-14-7-5-13(18)6-8-14/h2-8,11H,9-10,12H2,1H3,(H,19,20). The fourth-order valence-electron chi connectivity index (χ4n) is 1.78. The van der Waals surface area contributed by atoms with Gasteiger partial charge in [0, 0.05) is 9.92 Å². The Hall–Kier alpha value is -1.85. The number of nitrogens with one attached hydrogen (secondary N) is 1. The summed E-state index contributed by atoms with van der Waals surface area (Å²) in [5.74, 6) is 1.84. The first-order valence-electron chi connectivity index (χ1n) is 7.09. The van der Waals surface area contributed by atoms with Crippen LogP contribution in [0.1, 0.15) is 0 Å². The second-order valence-corrected chi connectivity index (χ2v) is 6.11. The van der Waals surface area contributed by atoms with E-state index in [0.717, 1.165) is 16.4 Å². The molecule has 0 fully saturated rings. The molecule has 0 aliphatic rings. The predicted octanol–water partition coefficient (Wildman–Crippen LogP) is 3.64. The van der Waals surface area contributed by atoms with E-state index in [4.69, 9.17) is 21.1 Å². The van der Waals surface area contributed by atoms with Gasteiger partial charge in [-0.2, -0.15) is 0 Å². The molecule has 0 heterocycles. The van der Waals surface area contributed by atoms with Gasteiger partial charge in [-0.15, -0.1) is 11.8 Å². The Labute approximate surface area is 145 Å². The van der Waals surface area contributed by atoms with Gasteiger partial charge in [-0.1, -0.05) is 17.7 Å². The molecule has 4 nitrogen and oxygen atoms in total. The van der Waals surface area contributed by atoms with Gasteiger partial charge in [-0.05, 0) is 42.5 Å². The molecule has 0 unspecified atom stereocenters. The monoisotopic (exact) mass is 351 g/mol. The summed E-state index contributed by atoms with van der Waals surface area (Å²) in [6.45, 7) is 0.872. The van der Waals surface area contributed by atoms with Crippen molar-refractivity contribution in [2.45, 2.75) is 4.90 Å². The van der Waals surface area contributed by atoms with Crippen LogP contribution in [-0.4, -0.2) is 31.9 Å². The number of carbonyl (C=O) groups excluding carboxylic acids is 1. The maximum Gasteiger partial charge on any atom is 0.230 e. The highest BCUT2D eigenvalue weighted by Crippen LogP contribution is 2.22. The Morgan fingerprint density at radius 1 is 1.17 bits per heavy atom. The number of hydrogen-bond acceptors (Lipinski definition) is 4. The van der Waals surface area contributed by atoms with E-state index < -0.39 is 0 Å². The van der Waals surface area contributed by atoms with E-state index in [1.54, 1.807) is 31.4 Å². The van der Waals surface area contributed by atoms with E-state index in [1.807, 2.05) is 24.3 Å². The number of rotatable bonds is 8. The minimum atomic E-state index is -0.0301. The van der Waals surface area contributed by atoms with Crippen molar-refractivity contribution in [1.82, 2.24) is 5.32 Å². The van der Waals surface area contributed by atoms with Gasteiger partial charge in [-0.3, -0.25) is 4.79 Å². The van der Waals surface area contributed by atoms with Crippen LogP contribution >= 0.6 is 23.4 Å². The number of hydrogen-bond donors (Lipinski definition) is 1. The maximum atomic E-state index is 11.8. The van der Waals surface area contributed by atoms with Crippen molar-refractivity contribution in [3.8, 4) is 11.5 Å². The molecule has 0 bridgehead atoms. The third-order valence-corrected chi connectivity index (χ3v) is 4.16. The Balaban J connectivity index is 1.64. The number of amides is 1. The molecule has 0 aromatic heterocycles. The molecule has 0 aliphatic heterocycles. The normalized spacial score (nSPS) is 10.2. The van der Waals surface area contributed by atoms with Crippen LogP contribution in [-0.2, 0) is 4.79 Å². The second-order valence-electron chi connectivity index (χ2n) is 4.62. The lowest BCUT2D eigenvalue weighted by molar-refractivity contribution is -0.118. The van der Waals surface area contributed by atoms with Crippen LogP contribution in [0.4, 0.5) is 0 Å². The molecule has 23 heavy (non-hydrogen) atoms. The van der Waals surface area contributed by atoms with E-state index in [2.05, 4.69) is 5.32 Å². The predicted molar refractivity (Wildman–Crippen MR) is 93.7 cm³/mol. The summed E-state index contributed by atoms with van der Waals surface area (Å²) in [5, 5.41) is 3.49. The number of benzene rings is 2. The molecule has 122 valence electrons. The summed E-state index contributed by atoms with van der Waals surface area (Å²) >= 11 is 7.26. The van der Waals surface area contributed by atoms with Gasteiger partial charge in [0.05, 0.1) is 19.4 Å². The summed E-state index contributed by atoms with van der Waals surface area (Å²) in [4.78, 5) is 12.8. The summed E-state index contributed by atoms with van der Waals surface area (Å²) in [5.41, 5.74) is 0. The molecule has 0 saturated heterocycles. The zero-order valence-corrected chi connectivity index (χ0v) is 14.3. The summed E-state index contributed by atoms with van der Waals surface area (Å²) in [7, 11) is 1.62.